The summed E-state index contributed by atoms with van der Waals surface area (Å²) < 4.78 is 6.58. The quantitative estimate of drug-likeness (QED) is 0.176. The molecule has 2 heterocycles. The summed E-state index contributed by atoms with van der Waals surface area (Å²) in [6.07, 6.45) is 0. The van der Waals surface area contributed by atoms with E-state index in [2.05, 4.69) is 164 Å². The number of aromatic nitrogens is 3. The van der Waals surface area contributed by atoms with Crippen LogP contribution in [-0.2, 0) is 0 Å². The molecule has 0 N–H and O–H groups in total. The number of rotatable bonds is 6. The Kier molecular flexibility index (Phi) is 7.43. The van der Waals surface area contributed by atoms with Gasteiger partial charge in [0, 0.05) is 32.8 Å². The van der Waals surface area contributed by atoms with Gasteiger partial charge in [-0.15, -0.1) is 0 Å². The number of hydrogen-bond donors (Lipinski definition) is 0. The smallest absolute Gasteiger partial charge is 0.164 e. The van der Waals surface area contributed by atoms with Gasteiger partial charge in [-0.2, -0.15) is 0 Å². The lowest BCUT2D eigenvalue weighted by atomic mass is 9.95. The zero-order chi connectivity index (χ0) is 35.1. The van der Waals surface area contributed by atoms with E-state index in [9.17, 15) is 0 Å². The fourth-order valence-electron chi connectivity index (χ4n) is 7.27. The molecule has 2 aromatic heterocycles. The van der Waals surface area contributed by atoms with Crippen molar-refractivity contribution >= 4 is 32.7 Å². The molecule has 8 aromatic carbocycles. The van der Waals surface area contributed by atoms with Gasteiger partial charge in [-0.3, -0.25) is 0 Å². The van der Waals surface area contributed by atoms with E-state index < -0.39 is 0 Å². The summed E-state index contributed by atoms with van der Waals surface area (Å²) in [7, 11) is 0. The van der Waals surface area contributed by atoms with E-state index in [4.69, 9.17) is 19.4 Å². The molecule has 0 aliphatic rings. The molecule has 0 saturated carbocycles. The van der Waals surface area contributed by atoms with Crippen molar-refractivity contribution in [1.29, 1.82) is 0 Å². The molecule has 4 heteroatoms. The second-order valence-electron chi connectivity index (χ2n) is 13.2. The second-order valence-corrected chi connectivity index (χ2v) is 13.2. The van der Waals surface area contributed by atoms with Gasteiger partial charge in [0.2, 0.25) is 0 Å². The van der Waals surface area contributed by atoms with Gasteiger partial charge in [0.05, 0.1) is 0 Å². The average molecular weight is 678 g/mol. The summed E-state index contributed by atoms with van der Waals surface area (Å²) >= 11 is 0. The van der Waals surface area contributed by atoms with E-state index >= 15 is 0 Å². The van der Waals surface area contributed by atoms with Crippen LogP contribution in [0.5, 0.6) is 0 Å². The molecular formula is C49H31N3O. The minimum Gasteiger partial charge on any atom is -0.455 e. The SMILES string of the molecule is c1ccc(-c2ccc(-c3nc(-c4cccc(-c5ccccc5)c4)nc(-c4ccc5oc6c7ccccc7c(-c7ccccc7)cc6c5c4)n3)cc2)cc1. The predicted octanol–water partition coefficient (Wildman–Crippen LogP) is 12.9. The second kappa shape index (κ2) is 12.9. The third-order valence-corrected chi connectivity index (χ3v) is 9.93. The van der Waals surface area contributed by atoms with Crippen molar-refractivity contribution in [1.82, 2.24) is 15.0 Å². The van der Waals surface area contributed by atoms with Crippen LogP contribution in [0, 0.1) is 0 Å². The first-order valence-corrected chi connectivity index (χ1v) is 17.8. The average Bonchev–Trinajstić information content (AvgIpc) is 3.62. The molecule has 0 unspecified atom stereocenters. The van der Waals surface area contributed by atoms with Crippen LogP contribution < -0.4 is 0 Å². The van der Waals surface area contributed by atoms with Crippen molar-refractivity contribution < 1.29 is 4.42 Å². The van der Waals surface area contributed by atoms with Crippen LogP contribution in [0.1, 0.15) is 0 Å². The van der Waals surface area contributed by atoms with Crippen LogP contribution >= 0.6 is 0 Å². The highest BCUT2D eigenvalue weighted by Gasteiger charge is 2.18. The lowest BCUT2D eigenvalue weighted by Crippen LogP contribution is -2.00. The van der Waals surface area contributed by atoms with Gasteiger partial charge in [-0.1, -0.05) is 158 Å². The molecule has 10 aromatic rings. The number of hydrogen-bond acceptors (Lipinski definition) is 4. The maximum absolute atomic E-state index is 6.58. The lowest BCUT2D eigenvalue weighted by molar-refractivity contribution is 0.672. The molecule has 0 atom stereocenters. The monoisotopic (exact) mass is 677 g/mol. The molecule has 4 nitrogen and oxygen atoms in total. The van der Waals surface area contributed by atoms with Crippen LogP contribution in [-0.4, -0.2) is 15.0 Å². The van der Waals surface area contributed by atoms with Crippen LogP contribution in [0.15, 0.2) is 192 Å². The summed E-state index contributed by atoms with van der Waals surface area (Å²) in [5.41, 5.74) is 11.3. The summed E-state index contributed by atoms with van der Waals surface area (Å²) in [5, 5.41) is 4.32. The molecule has 53 heavy (non-hydrogen) atoms. The Bertz CT molecular complexity index is 2920. The van der Waals surface area contributed by atoms with E-state index in [0.717, 1.165) is 71.7 Å². The number of benzene rings is 8. The lowest BCUT2D eigenvalue weighted by Gasteiger charge is -2.10. The molecule has 0 spiro atoms. The van der Waals surface area contributed by atoms with Gasteiger partial charge in [0.1, 0.15) is 11.2 Å². The van der Waals surface area contributed by atoms with Crippen molar-refractivity contribution in [3.05, 3.63) is 188 Å². The minimum atomic E-state index is 0.600. The van der Waals surface area contributed by atoms with E-state index in [1.165, 1.54) is 11.1 Å². The standard InChI is InChI=1S/C49H31N3O/c1-4-13-32(14-5-1)34-23-25-36(26-24-34)47-50-48(38-20-12-19-37(29-38)33-15-6-2-7-16-33)52-49(51-47)39-27-28-45-43(30-39)44-31-42(35-17-8-3-9-18-35)40-21-10-11-22-41(40)46(44)53-45/h1-31H. The van der Waals surface area contributed by atoms with Crippen molar-refractivity contribution in [3.8, 4) is 67.5 Å². The van der Waals surface area contributed by atoms with E-state index in [1.54, 1.807) is 0 Å². The normalized spacial score (nSPS) is 11.4. The highest BCUT2D eigenvalue weighted by molar-refractivity contribution is 6.19. The number of furan rings is 1. The minimum absolute atomic E-state index is 0.600. The molecule has 0 fully saturated rings. The van der Waals surface area contributed by atoms with Crippen molar-refractivity contribution in [3.63, 3.8) is 0 Å². The molecule has 0 aliphatic carbocycles. The van der Waals surface area contributed by atoms with Crippen molar-refractivity contribution in [2.45, 2.75) is 0 Å². The van der Waals surface area contributed by atoms with E-state index in [0.29, 0.717) is 17.5 Å². The van der Waals surface area contributed by atoms with Crippen LogP contribution in [0.3, 0.4) is 0 Å². The first-order chi connectivity index (χ1) is 26.2. The molecule has 248 valence electrons. The molecule has 0 radical (unpaired) electrons. The number of fused-ring (bicyclic) bond motifs is 5. The summed E-state index contributed by atoms with van der Waals surface area (Å²) in [6.45, 7) is 0. The zero-order valence-electron chi connectivity index (χ0n) is 28.6. The van der Waals surface area contributed by atoms with E-state index in [-0.39, 0.29) is 0 Å². The van der Waals surface area contributed by atoms with Gasteiger partial charge >= 0.3 is 0 Å². The Balaban J connectivity index is 1.15. The molecule has 0 aliphatic heterocycles. The molecule has 0 saturated heterocycles. The van der Waals surface area contributed by atoms with Crippen molar-refractivity contribution in [2.75, 3.05) is 0 Å². The first-order valence-electron chi connectivity index (χ1n) is 17.8. The zero-order valence-corrected chi connectivity index (χ0v) is 28.6. The van der Waals surface area contributed by atoms with Crippen LogP contribution in [0.2, 0.25) is 0 Å². The molecule has 0 bridgehead atoms. The van der Waals surface area contributed by atoms with Crippen molar-refractivity contribution in [2.24, 2.45) is 0 Å². The maximum atomic E-state index is 6.58. The highest BCUT2D eigenvalue weighted by Crippen LogP contribution is 2.41. The largest absolute Gasteiger partial charge is 0.455 e. The maximum Gasteiger partial charge on any atom is 0.164 e. The van der Waals surface area contributed by atoms with Crippen LogP contribution in [0.25, 0.3) is 100 Å². The third kappa shape index (κ3) is 5.63. The first kappa shape index (κ1) is 30.6. The fraction of sp³-hybridized carbons (Fsp3) is 0. The Morgan fingerprint density at radius 2 is 0.755 bits per heavy atom. The Morgan fingerprint density at radius 1 is 0.283 bits per heavy atom. The number of nitrogens with zero attached hydrogens (tertiary/aromatic N) is 3. The Labute approximate surface area is 306 Å². The van der Waals surface area contributed by atoms with Gasteiger partial charge in [0.15, 0.2) is 17.5 Å². The highest BCUT2D eigenvalue weighted by atomic mass is 16.3. The van der Waals surface area contributed by atoms with Gasteiger partial charge in [-0.25, -0.2) is 15.0 Å². The third-order valence-electron chi connectivity index (χ3n) is 9.93. The Morgan fingerprint density at radius 3 is 1.43 bits per heavy atom. The Hall–Kier alpha value is -7.17. The van der Waals surface area contributed by atoms with E-state index in [1.807, 2.05) is 24.3 Å². The predicted molar refractivity (Wildman–Crippen MR) is 217 cm³/mol. The van der Waals surface area contributed by atoms with Crippen LogP contribution in [0.4, 0.5) is 0 Å². The van der Waals surface area contributed by atoms with Gasteiger partial charge in [0.25, 0.3) is 0 Å². The molecule has 0 amide bonds. The summed E-state index contributed by atoms with van der Waals surface area (Å²) in [6, 6.07) is 65.1. The summed E-state index contributed by atoms with van der Waals surface area (Å²) in [5.74, 6) is 1.83. The molecular weight excluding hydrogens is 647 g/mol. The fourth-order valence-corrected chi connectivity index (χ4v) is 7.27. The van der Waals surface area contributed by atoms with Gasteiger partial charge < -0.3 is 4.42 Å². The molecule has 10 rings (SSSR count). The topological polar surface area (TPSA) is 51.8 Å². The summed E-state index contributed by atoms with van der Waals surface area (Å²) in [4.78, 5) is 15.3. The van der Waals surface area contributed by atoms with Gasteiger partial charge in [-0.05, 0) is 69.1 Å².